The molecule has 1 fully saturated rings. The number of hydrogen-bond acceptors (Lipinski definition) is 4. The highest BCUT2D eigenvalue weighted by atomic mass is 32.2. The Labute approximate surface area is 128 Å². The van der Waals surface area contributed by atoms with Gasteiger partial charge in [-0.05, 0) is 37.1 Å². The molecule has 1 saturated carbocycles. The smallest absolute Gasteiger partial charge is 0.307 e. The van der Waals surface area contributed by atoms with E-state index >= 15 is 0 Å². The lowest BCUT2D eigenvalue weighted by molar-refractivity contribution is -0.147. The van der Waals surface area contributed by atoms with Gasteiger partial charge in [0.15, 0.2) is 0 Å². The number of hydrogen-bond donors (Lipinski definition) is 3. The molecule has 0 radical (unpaired) electrons. The third kappa shape index (κ3) is 3.83. The van der Waals surface area contributed by atoms with E-state index in [1.165, 1.54) is 24.3 Å². The number of aliphatic carboxylic acids is 1. The van der Waals surface area contributed by atoms with Crippen molar-refractivity contribution in [2.45, 2.75) is 30.6 Å². The minimum atomic E-state index is -3.78. The Hall–Kier alpha value is -1.93. The first-order valence-electron chi connectivity index (χ1n) is 6.95. The largest absolute Gasteiger partial charge is 0.481 e. The van der Waals surface area contributed by atoms with E-state index in [1.54, 1.807) is 0 Å². The molecule has 1 aromatic rings. The maximum absolute atomic E-state index is 12.2. The summed E-state index contributed by atoms with van der Waals surface area (Å²) in [6.45, 7) is 0. The summed E-state index contributed by atoms with van der Waals surface area (Å²) in [5, 5.41) is 16.8. The van der Waals surface area contributed by atoms with Crippen molar-refractivity contribution in [3.05, 3.63) is 24.3 Å². The number of sulfonamides is 1. The van der Waals surface area contributed by atoms with Gasteiger partial charge in [-0.1, -0.05) is 12.8 Å². The van der Waals surface area contributed by atoms with Gasteiger partial charge in [0.05, 0.1) is 16.7 Å². The Morgan fingerprint density at radius 2 is 1.64 bits per heavy atom. The van der Waals surface area contributed by atoms with Gasteiger partial charge in [-0.25, -0.2) is 13.6 Å². The van der Waals surface area contributed by atoms with Crippen LogP contribution in [0.5, 0.6) is 0 Å². The van der Waals surface area contributed by atoms with E-state index in [0.29, 0.717) is 18.5 Å². The lowest BCUT2D eigenvalue weighted by atomic mass is 9.78. The van der Waals surface area contributed by atoms with Crippen LogP contribution in [0.3, 0.4) is 0 Å². The highest BCUT2D eigenvalue weighted by molar-refractivity contribution is 7.89. The van der Waals surface area contributed by atoms with Crippen LogP contribution in [-0.4, -0.2) is 25.4 Å². The first-order valence-corrected chi connectivity index (χ1v) is 8.50. The third-order valence-electron chi connectivity index (χ3n) is 3.87. The average Bonchev–Trinajstić information content (AvgIpc) is 2.46. The first kappa shape index (κ1) is 16.4. The number of benzene rings is 1. The molecule has 0 saturated heterocycles. The Morgan fingerprint density at radius 3 is 2.14 bits per heavy atom. The van der Waals surface area contributed by atoms with E-state index in [0.717, 1.165) is 12.8 Å². The predicted octanol–water partition coefficient (Wildman–Crippen LogP) is 1.16. The molecule has 2 unspecified atom stereocenters. The van der Waals surface area contributed by atoms with Gasteiger partial charge in [0, 0.05) is 5.69 Å². The molecule has 1 aliphatic carbocycles. The number of nitrogens with one attached hydrogen (secondary N) is 1. The lowest BCUT2D eigenvalue weighted by Gasteiger charge is -2.27. The molecule has 0 spiro atoms. The van der Waals surface area contributed by atoms with E-state index in [1.807, 2.05) is 0 Å². The number of carboxylic acids is 1. The fourth-order valence-electron chi connectivity index (χ4n) is 2.70. The molecule has 0 aromatic heterocycles. The quantitative estimate of drug-likeness (QED) is 0.765. The molecule has 0 heterocycles. The number of anilines is 1. The summed E-state index contributed by atoms with van der Waals surface area (Å²) in [4.78, 5) is 23.4. The van der Waals surface area contributed by atoms with Gasteiger partial charge in [-0.15, -0.1) is 0 Å². The summed E-state index contributed by atoms with van der Waals surface area (Å²) >= 11 is 0. The number of rotatable bonds is 4. The van der Waals surface area contributed by atoms with Gasteiger partial charge in [0.25, 0.3) is 0 Å². The summed E-state index contributed by atoms with van der Waals surface area (Å²) in [5.74, 6) is -2.54. The summed E-state index contributed by atoms with van der Waals surface area (Å²) in [6.07, 6.45) is 2.67. The van der Waals surface area contributed by atoms with Crippen molar-refractivity contribution in [3.63, 3.8) is 0 Å². The van der Waals surface area contributed by atoms with Gasteiger partial charge in [-0.2, -0.15) is 0 Å². The highest BCUT2D eigenvalue weighted by Crippen LogP contribution is 2.31. The molecule has 2 rings (SSSR count). The topological polar surface area (TPSA) is 127 Å². The van der Waals surface area contributed by atoms with Crippen molar-refractivity contribution in [2.75, 3.05) is 5.32 Å². The molecule has 4 N–H and O–H groups in total. The van der Waals surface area contributed by atoms with E-state index in [-0.39, 0.29) is 10.8 Å². The van der Waals surface area contributed by atoms with Gasteiger partial charge in [0.1, 0.15) is 0 Å². The van der Waals surface area contributed by atoms with E-state index in [4.69, 9.17) is 5.14 Å². The number of carboxylic acid groups (broad SMARTS) is 1. The summed E-state index contributed by atoms with van der Waals surface area (Å²) < 4.78 is 22.3. The molecule has 1 amide bonds. The third-order valence-corrected chi connectivity index (χ3v) is 4.80. The standard InChI is InChI=1S/C14H18N2O5S/c15-22(20,21)10-7-5-9(6-8-10)16-13(17)11-3-1-2-4-12(11)14(18)19/h5-8,11-12H,1-4H2,(H,16,17)(H,18,19)(H2,15,20,21). The fraction of sp³-hybridized carbons (Fsp3) is 0.429. The molecule has 8 heteroatoms. The van der Waals surface area contributed by atoms with Gasteiger partial charge in [-0.3, -0.25) is 9.59 Å². The molecule has 0 bridgehead atoms. The summed E-state index contributed by atoms with van der Waals surface area (Å²) in [6, 6.07) is 5.44. The second kappa shape index (κ2) is 6.45. The van der Waals surface area contributed by atoms with Crippen molar-refractivity contribution in [3.8, 4) is 0 Å². The molecule has 1 aromatic carbocycles. The van der Waals surface area contributed by atoms with E-state index in [9.17, 15) is 23.1 Å². The lowest BCUT2D eigenvalue weighted by Crippen LogP contribution is -2.36. The van der Waals surface area contributed by atoms with Crippen LogP contribution in [0.25, 0.3) is 0 Å². The minimum absolute atomic E-state index is 0.0495. The molecular formula is C14H18N2O5S. The van der Waals surface area contributed by atoms with E-state index < -0.39 is 27.8 Å². The normalized spacial score (nSPS) is 22.0. The molecule has 7 nitrogen and oxygen atoms in total. The van der Waals surface area contributed by atoms with Crippen LogP contribution < -0.4 is 10.5 Å². The Morgan fingerprint density at radius 1 is 1.09 bits per heavy atom. The second-order valence-electron chi connectivity index (χ2n) is 5.39. The monoisotopic (exact) mass is 326 g/mol. The molecular weight excluding hydrogens is 308 g/mol. The Bertz CT molecular complexity index is 669. The average molecular weight is 326 g/mol. The number of carbonyl (C=O) groups excluding carboxylic acids is 1. The van der Waals surface area contributed by atoms with E-state index in [2.05, 4.69) is 5.32 Å². The summed E-state index contributed by atoms with van der Waals surface area (Å²) in [7, 11) is -3.78. The van der Waals surface area contributed by atoms with Crippen molar-refractivity contribution < 1.29 is 23.1 Å². The number of primary sulfonamides is 1. The van der Waals surface area contributed by atoms with Crippen LogP contribution in [0.15, 0.2) is 29.2 Å². The SMILES string of the molecule is NS(=O)(=O)c1ccc(NC(=O)C2CCCCC2C(=O)O)cc1. The molecule has 2 atom stereocenters. The van der Waals surface area contributed by atoms with Gasteiger partial charge < -0.3 is 10.4 Å². The van der Waals surface area contributed by atoms with Crippen molar-refractivity contribution in [1.82, 2.24) is 0 Å². The molecule has 120 valence electrons. The van der Waals surface area contributed by atoms with Crippen molar-refractivity contribution >= 4 is 27.6 Å². The molecule has 1 aliphatic rings. The maximum Gasteiger partial charge on any atom is 0.307 e. The minimum Gasteiger partial charge on any atom is -0.481 e. The van der Waals surface area contributed by atoms with Crippen LogP contribution in [-0.2, 0) is 19.6 Å². The van der Waals surface area contributed by atoms with Crippen LogP contribution in [0.2, 0.25) is 0 Å². The van der Waals surface area contributed by atoms with Crippen LogP contribution in [0, 0.1) is 11.8 Å². The molecule has 22 heavy (non-hydrogen) atoms. The number of carbonyl (C=O) groups is 2. The fourth-order valence-corrected chi connectivity index (χ4v) is 3.22. The number of amides is 1. The predicted molar refractivity (Wildman–Crippen MR) is 79.5 cm³/mol. The maximum atomic E-state index is 12.2. The zero-order valence-corrected chi connectivity index (χ0v) is 12.7. The van der Waals surface area contributed by atoms with Crippen molar-refractivity contribution in [2.24, 2.45) is 17.0 Å². The first-order chi connectivity index (χ1) is 10.3. The Balaban J connectivity index is 2.09. The van der Waals surface area contributed by atoms with Crippen LogP contribution in [0.4, 0.5) is 5.69 Å². The van der Waals surface area contributed by atoms with Gasteiger partial charge in [0.2, 0.25) is 15.9 Å². The van der Waals surface area contributed by atoms with Crippen LogP contribution >= 0.6 is 0 Å². The Kier molecular flexibility index (Phi) is 4.82. The van der Waals surface area contributed by atoms with Gasteiger partial charge >= 0.3 is 5.97 Å². The zero-order valence-electron chi connectivity index (χ0n) is 11.9. The second-order valence-corrected chi connectivity index (χ2v) is 6.96. The number of nitrogens with two attached hydrogens (primary N) is 1. The van der Waals surface area contributed by atoms with Crippen LogP contribution in [0.1, 0.15) is 25.7 Å². The van der Waals surface area contributed by atoms with Crippen molar-refractivity contribution in [1.29, 1.82) is 0 Å². The molecule has 0 aliphatic heterocycles. The zero-order chi connectivity index (χ0) is 16.3. The highest BCUT2D eigenvalue weighted by Gasteiger charge is 2.35. The summed E-state index contributed by atoms with van der Waals surface area (Å²) in [5.41, 5.74) is 0.409.